The molecule has 1 aromatic carbocycles. The second-order valence-electron chi connectivity index (χ2n) is 3.79. The van der Waals surface area contributed by atoms with Crippen LogP contribution in [0.4, 0.5) is 0 Å². The Bertz CT molecular complexity index is 436. The van der Waals surface area contributed by atoms with Crippen LogP contribution in [0.2, 0.25) is 0 Å². The van der Waals surface area contributed by atoms with Gasteiger partial charge in [-0.15, -0.1) is 0 Å². The van der Waals surface area contributed by atoms with E-state index in [2.05, 4.69) is 11.1 Å². The van der Waals surface area contributed by atoms with Crippen LogP contribution in [0, 0.1) is 0 Å². The molecule has 15 heavy (non-hydrogen) atoms. The fraction of sp³-hybridized carbons (Fsp3) is 0.333. The zero-order valence-electron chi connectivity index (χ0n) is 8.61. The van der Waals surface area contributed by atoms with Gasteiger partial charge in [0.1, 0.15) is 0 Å². The van der Waals surface area contributed by atoms with Crippen LogP contribution in [0.25, 0.3) is 10.9 Å². The molecule has 0 bridgehead atoms. The molecule has 0 radical (unpaired) electrons. The predicted octanol–water partition coefficient (Wildman–Crippen LogP) is 1.42. The molecule has 0 spiro atoms. The molecule has 1 aromatic heterocycles. The minimum absolute atomic E-state index is 0.339. The third-order valence-corrected chi connectivity index (χ3v) is 2.63. The van der Waals surface area contributed by atoms with E-state index in [-0.39, 0.29) is 6.10 Å². The van der Waals surface area contributed by atoms with Gasteiger partial charge in [-0.1, -0.05) is 18.2 Å². The number of aromatic nitrogens is 1. The molecule has 2 rings (SSSR count). The van der Waals surface area contributed by atoms with Crippen LogP contribution in [-0.2, 0) is 6.42 Å². The number of aliphatic hydroxyl groups is 1. The first-order chi connectivity index (χ1) is 7.31. The van der Waals surface area contributed by atoms with Gasteiger partial charge in [0.05, 0.1) is 6.10 Å². The Balaban J connectivity index is 2.21. The molecule has 0 fully saturated rings. The number of benzene rings is 1. The molecule has 0 aliphatic rings. The predicted molar refractivity (Wildman–Crippen MR) is 61.7 cm³/mol. The van der Waals surface area contributed by atoms with E-state index in [1.165, 1.54) is 5.39 Å². The van der Waals surface area contributed by atoms with Gasteiger partial charge in [-0.2, -0.15) is 0 Å². The third kappa shape index (κ3) is 2.19. The van der Waals surface area contributed by atoms with Gasteiger partial charge in [0, 0.05) is 23.5 Å². The maximum absolute atomic E-state index is 9.69. The van der Waals surface area contributed by atoms with Crippen molar-refractivity contribution in [1.82, 2.24) is 4.98 Å². The number of hydrogen-bond acceptors (Lipinski definition) is 2. The number of fused-ring (bicyclic) bond motifs is 1. The molecular weight excluding hydrogens is 188 g/mol. The molecule has 3 nitrogen and oxygen atoms in total. The Morgan fingerprint density at radius 1 is 1.33 bits per heavy atom. The van der Waals surface area contributed by atoms with Gasteiger partial charge < -0.3 is 15.8 Å². The van der Waals surface area contributed by atoms with E-state index in [1.807, 2.05) is 24.4 Å². The van der Waals surface area contributed by atoms with E-state index >= 15 is 0 Å². The number of hydrogen-bond donors (Lipinski definition) is 3. The molecule has 4 N–H and O–H groups in total. The van der Waals surface area contributed by atoms with Crippen molar-refractivity contribution in [3.05, 3.63) is 36.0 Å². The highest BCUT2D eigenvalue weighted by atomic mass is 16.3. The highest BCUT2D eigenvalue weighted by molar-refractivity contribution is 5.83. The topological polar surface area (TPSA) is 62.0 Å². The van der Waals surface area contributed by atoms with E-state index < -0.39 is 0 Å². The number of H-pyrrole nitrogens is 1. The highest BCUT2D eigenvalue weighted by Gasteiger charge is 2.08. The van der Waals surface area contributed by atoms with Gasteiger partial charge in [-0.05, 0) is 24.6 Å². The van der Waals surface area contributed by atoms with Gasteiger partial charge >= 0.3 is 0 Å². The van der Waals surface area contributed by atoms with Crippen molar-refractivity contribution in [1.29, 1.82) is 0 Å². The smallest absolute Gasteiger partial charge is 0.0593 e. The molecule has 0 saturated heterocycles. The monoisotopic (exact) mass is 204 g/mol. The first-order valence-electron chi connectivity index (χ1n) is 5.24. The fourth-order valence-electron chi connectivity index (χ4n) is 1.85. The minimum atomic E-state index is -0.339. The van der Waals surface area contributed by atoms with E-state index in [1.54, 1.807) is 0 Å². The number of aromatic amines is 1. The molecule has 0 saturated carbocycles. The molecule has 0 aliphatic carbocycles. The average molecular weight is 204 g/mol. The average Bonchev–Trinajstić information content (AvgIpc) is 2.62. The van der Waals surface area contributed by atoms with Gasteiger partial charge in [-0.25, -0.2) is 0 Å². The summed E-state index contributed by atoms with van der Waals surface area (Å²) in [5.74, 6) is 0. The second-order valence-corrected chi connectivity index (χ2v) is 3.79. The Morgan fingerprint density at radius 2 is 2.13 bits per heavy atom. The number of rotatable bonds is 4. The molecule has 80 valence electrons. The van der Waals surface area contributed by atoms with Crippen molar-refractivity contribution in [3.8, 4) is 0 Å². The number of para-hydroxylation sites is 1. The first-order valence-corrected chi connectivity index (χ1v) is 5.24. The molecule has 3 heteroatoms. The minimum Gasteiger partial charge on any atom is -0.393 e. The van der Waals surface area contributed by atoms with E-state index in [4.69, 9.17) is 5.73 Å². The van der Waals surface area contributed by atoms with Gasteiger partial charge in [0.15, 0.2) is 0 Å². The zero-order chi connectivity index (χ0) is 10.7. The summed E-state index contributed by atoms with van der Waals surface area (Å²) in [6.45, 7) is 0.531. The molecule has 1 heterocycles. The van der Waals surface area contributed by atoms with Crippen molar-refractivity contribution in [2.24, 2.45) is 5.73 Å². The highest BCUT2D eigenvalue weighted by Crippen LogP contribution is 2.19. The quantitative estimate of drug-likeness (QED) is 0.705. The molecule has 0 amide bonds. The van der Waals surface area contributed by atoms with Crippen LogP contribution < -0.4 is 5.73 Å². The standard InChI is InChI=1S/C12H16N2O/c13-6-5-10(15)7-9-8-14-12-4-2-1-3-11(9)12/h1-4,8,10,14-15H,5-7,13H2. The van der Waals surface area contributed by atoms with Crippen LogP contribution in [0.15, 0.2) is 30.5 Å². The van der Waals surface area contributed by atoms with Gasteiger partial charge in [-0.3, -0.25) is 0 Å². The maximum atomic E-state index is 9.69. The Kier molecular flexibility index (Phi) is 3.04. The number of nitrogens with two attached hydrogens (primary N) is 1. The summed E-state index contributed by atoms with van der Waals surface area (Å²) in [6, 6.07) is 8.11. The van der Waals surface area contributed by atoms with Crippen LogP contribution >= 0.6 is 0 Å². The normalized spacial score (nSPS) is 13.2. The molecule has 1 unspecified atom stereocenters. The van der Waals surface area contributed by atoms with E-state index in [9.17, 15) is 5.11 Å². The van der Waals surface area contributed by atoms with E-state index in [0.29, 0.717) is 19.4 Å². The first kappa shape index (κ1) is 10.2. The summed E-state index contributed by atoms with van der Waals surface area (Å²) in [7, 11) is 0. The summed E-state index contributed by atoms with van der Waals surface area (Å²) < 4.78 is 0. The summed E-state index contributed by atoms with van der Waals surface area (Å²) in [5, 5.41) is 10.9. The summed E-state index contributed by atoms with van der Waals surface area (Å²) in [4.78, 5) is 3.19. The van der Waals surface area contributed by atoms with Crippen molar-refractivity contribution in [2.45, 2.75) is 18.9 Å². The SMILES string of the molecule is NCCC(O)Cc1c[nH]c2ccccc12. The molecule has 1 atom stereocenters. The Labute approximate surface area is 88.9 Å². The summed E-state index contributed by atoms with van der Waals surface area (Å²) in [5.41, 5.74) is 7.68. The molecule has 0 aliphatic heterocycles. The summed E-state index contributed by atoms with van der Waals surface area (Å²) in [6.07, 6.45) is 2.94. The lowest BCUT2D eigenvalue weighted by molar-refractivity contribution is 0.168. The molecule has 2 aromatic rings. The van der Waals surface area contributed by atoms with Gasteiger partial charge in [0.2, 0.25) is 0 Å². The summed E-state index contributed by atoms with van der Waals surface area (Å²) >= 11 is 0. The largest absolute Gasteiger partial charge is 0.393 e. The Morgan fingerprint density at radius 3 is 2.93 bits per heavy atom. The van der Waals surface area contributed by atoms with Crippen molar-refractivity contribution < 1.29 is 5.11 Å². The van der Waals surface area contributed by atoms with Crippen LogP contribution in [-0.4, -0.2) is 22.7 Å². The van der Waals surface area contributed by atoms with Crippen molar-refractivity contribution in [2.75, 3.05) is 6.54 Å². The maximum Gasteiger partial charge on any atom is 0.0593 e. The number of nitrogens with one attached hydrogen (secondary N) is 1. The van der Waals surface area contributed by atoms with Gasteiger partial charge in [0.25, 0.3) is 0 Å². The van der Waals surface area contributed by atoms with Crippen LogP contribution in [0.3, 0.4) is 0 Å². The third-order valence-electron chi connectivity index (χ3n) is 2.63. The second kappa shape index (κ2) is 4.47. The Hall–Kier alpha value is -1.32. The van der Waals surface area contributed by atoms with E-state index in [0.717, 1.165) is 11.1 Å². The lowest BCUT2D eigenvalue weighted by Gasteiger charge is -2.07. The number of aliphatic hydroxyl groups excluding tert-OH is 1. The van der Waals surface area contributed by atoms with Crippen molar-refractivity contribution in [3.63, 3.8) is 0 Å². The zero-order valence-corrected chi connectivity index (χ0v) is 8.61. The van der Waals surface area contributed by atoms with Crippen LogP contribution in [0.1, 0.15) is 12.0 Å². The van der Waals surface area contributed by atoms with Crippen LogP contribution in [0.5, 0.6) is 0 Å². The lowest BCUT2D eigenvalue weighted by Crippen LogP contribution is -2.15. The lowest BCUT2D eigenvalue weighted by atomic mass is 10.1. The fourth-order valence-corrected chi connectivity index (χ4v) is 1.85. The van der Waals surface area contributed by atoms with Crippen molar-refractivity contribution >= 4 is 10.9 Å². The molecular formula is C12H16N2O.